The predicted molar refractivity (Wildman–Crippen MR) is 87.9 cm³/mol. The maximum Gasteiger partial charge on any atom is 0.317 e. The van der Waals surface area contributed by atoms with E-state index in [-0.39, 0.29) is 6.03 Å². The van der Waals surface area contributed by atoms with Gasteiger partial charge in [-0.15, -0.1) is 0 Å². The lowest BCUT2D eigenvalue weighted by Gasteiger charge is -2.33. The molecule has 1 aromatic heterocycles. The van der Waals surface area contributed by atoms with Gasteiger partial charge in [-0.2, -0.15) is 0 Å². The van der Waals surface area contributed by atoms with Crippen LogP contribution < -0.4 is 5.32 Å². The molecule has 1 N–H and O–H groups in total. The Labute approximate surface area is 131 Å². The number of urea groups is 1. The Morgan fingerprint density at radius 3 is 3.00 bits per heavy atom. The first-order valence-corrected chi connectivity index (χ1v) is 8.13. The second kappa shape index (κ2) is 6.38. The average Bonchev–Trinajstić information content (AvgIpc) is 2.83. The molecule has 2 aromatic rings. The van der Waals surface area contributed by atoms with Crippen molar-refractivity contribution in [3.8, 4) is 0 Å². The largest absolute Gasteiger partial charge is 0.336 e. The molecule has 1 aliphatic heterocycles. The summed E-state index contributed by atoms with van der Waals surface area (Å²) in [7, 11) is 0. The van der Waals surface area contributed by atoms with Crippen LogP contribution in [0, 0.1) is 6.92 Å². The van der Waals surface area contributed by atoms with Crippen LogP contribution in [0.2, 0.25) is 0 Å². The van der Waals surface area contributed by atoms with E-state index in [0.717, 1.165) is 42.8 Å². The minimum absolute atomic E-state index is 0.0641. The minimum Gasteiger partial charge on any atom is -0.336 e. The van der Waals surface area contributed by atoms with Crippen molar-refractivity contribution in [1.29, 1.82) is 0 Å². The number of amides is 2. The Kier molecular flexibility index (Phi) is 4.32. The van der Waals surface area contributed by atoms with E-state index in [4.69, 9.17) is 0 Å². The SMILES string of the molecule is Cc1nc2ccccc2n1CCNC(=O)N1CCCCC1C. The molecule has 5 heteroatoms. The zero-order chi connectivity index (χ0) is 15.5. The molecule has 0 bridgehead atoms. The maximum atomic E-state index is 12.3. The summed E-state index contributed by atoms with van der Waals surface area (Å²) in [6.07, 6.45) is 3.45. The number of piperidine rings is 1. The molecule has 1 unspecified atom stereocenters. The van der Waals surface area contributed by atoms with Gasteiger partial charge in [0, 0.05) is 25.7 Å². The van der Waals surface area contributed by atoms with Gasteiger partial charge in [0.1, 0.15) is 5.82 Å². The van der Waals surface area contributed by atoms with Crippen molar-refractivity contribution in [2.45, 2.75) is 45.7 Å². The molecule has 1 saturated heterocycles. The summed E-state index contributed by atoms with van der Waals surface area (Å²) in [6, 6.07) is 8.53. The fraction of sp³-hybridized carbons (Fsp3) is 0.529. The van der Waals surface area contributed by atoms with Crippen molar-refractivity contribution in [3.63, 3.8) is 0 Å². The van der Waals surface area contributed by atoms with Crippen LogP contribution in [-0.4, -0.2) is 39.6 Å². The molecule has 1 fully saturated rings. The van der Waals surface area contributed by atoms with Crippen molar-refractivity contribution in [1.82, 2.24) is 19.8 Å². The van der Waals surface area contributed by atoms with Gasteiger partial charge in [0.15, 0.2) is 0 Å². The molecule has 0 saturated carbocycles. The second-order valence-electron chi connectivity index (χ2n) is 6.07. The highest BCUT2D eigenvalue weighted by atomic mass is 16.2. The van der Waals surface area contributed by atoms with Crippen LogP contribution in [0.3, 0.4) is 0 Å². The minimum atomic E-state index is 0.0641. The summed E-state index contributed by atoms with van der Waals surface area (Å²) in [4.78, 5) is 18.8. The quantitative estimate of drug-likeness (QED) is 0.947. The lowest BCUT2D eigenvalue weighted by Crippen LogP contribution is -2.48. The fourth-order valence-corrected chi connectivity index (χ4v) is 3.25. The summed E-state index contributed by atoms with van der Waals surface area (Å²) in [5.74, 6) is 0.988. The van der Waals surface area contributed by atoms with Crippen molar-refractivity contribution >= 4 is 17.1 Å². The smallest absolute Gasteiger partial charge is 0.317 e. The van der Waals surface area contributed by atoms with Gasteiger partial charge < -0.3 is 14.8 Å². The standard InChI is InChI=1S/C17H24N4O/c1-13-7-5-6-11-20(13)17(22)18-10-12-21-14(2)19-15-8-3-4-9-16(15)21/h3-4,8-9,13H,5-7,10-12H2,1-2H3,(H,18,22). The molecule has 1 aliphatic rings. The molecule has 118 valence electrons. The summed E-state index contributed by atoms with van der Waals surface area (Å²) < 4.78 is 2.16. The van der Waals surface area contributed by atoms with E-state index in [1.807, 2.05) is 30.0 Å². The highest BCUT2D eigenvalue weighted by Crippen LogP contribution is 2.17. The van der Waals surface area contributed by atoms with E-state index in [2.05, 4.69) is 27.9 Å². The molecule has 2 amide bonds. The van der Waals surface area contributed by atoms with Crippen LogP contribution in [0.25, 0.3) is 11.0 Å². The van der Waals surface area contributed by atoms with Gasteiger partial charge in [0.2, 0.25) is 0 Å². The van der Waals surface area contributed by atoms with Crippen LogP contribution in [-0.2, 0) is 6.54 Å². The average molecular weight is 300 g/mol. The molecule has 0 aliphatic carbocycles. The van der Waals surface area contributed by atoms with Crippen molar-refractivity contribution in [2.75, 3.05) is 13.1 Å². The lowest BCUT2D eigenvalue weighted by molar-refractivity contribution is 0.158. The number of likely N-dealkylation sites (tertiary alicyclic amines) is 1. The number of carbonyl (C=O) groups excluding carboxylic acids is 1. The van der Waals surface area contributed by atoms with Gasteiger partial charge in [-0.1, -0.05) is 12.1 Å². The number of fused-ring (bicyclic) bond motifs is 1. The van der Waals surface area contributed by atoms with Gasteiger partial charge in [-0.25, -0.2) is 9.78 Å². The summed E-state index contributed by atoms with van der Waals surface area (Å²) in [5.41, 5.74) is 2.14. The Bertz CT molecular complexity index is 664. The Morgan fingerprint density at radius 2 is 2.18 bits per heavy atom. The highest BCUT2D eigenvalue weighted by Gasteiger charge is 2.22. The number of nitrogens with one attached hydrogen (secondary N) is 1. The van der Waals surface area contributed by atoms with Crippen LogP contribution in [0.15, 0.2) is 24.3 Å². The maximum absolute atomic E-state index is 12.3. The van der Waals surface area contributed by atoms with Gasteiger partial charge in [-0.3, -0.25) is 0 Å². The summed E-state index contributed by atoms with van der Waals surface area (Å²) in [5, 5.41) is 3.05. The van der Waals surface area contributed by atoms with Crippen molar-refractivity contribution in [2.24, 2.45) is 0 Å². The van der Waals surface area contributed by atoms with Gasteiger partial charge >= 0.3 is 6.03 Å². The molecule has 3 rings (SSSR count). The molecular weight excluding hydrogens is 276 g/mol. The Morgan fingerprint density at radius 1 is 1.36 bits per heavy atom. The first-order valence-electron chi connectivity index (χ1n) is 8.13. The first kappa shape index (κ1) is 14.9. The molecule has 22 heavy (non-hydrogen) atoms. The summed E-state index contributed by atoms with van der Waals surface area (Å²) >= 11 is 0. The molecular formula is C17H24N4O. The number of imidazole rings is 1. The number of nitrogens with zero attached hydrogens (tertiary/aromatic N) is 3. The molecule has 2 heterocycles. The van der Waals surface area contributed by atoms with E-state index in [1.165, 1.54) is 6.42 Å². The van der Waals surface area contributed by atoms with Gasteiger partial charge in [0.25, 0.3) is 0 Å². The topological polar surface area (TPSA) is 50.2 Å². The van der Waals surface area contributed by atoms with Crippen LogP contribution >= 0.6 is 0 Å². The Hall–Kier alpha value is -2.04. The molecule has 1 aromatic carbocycles. The number of hydrogen-bond donors (Lipinski definition) is 1. The van der Waals surface area contributed by atoms with Crippen LogP contribution in [0.1, 0.15) is 32.0 Å². The first-order chi connectivity index (χ1) is 10.7. The number of carbonyl (C=O) groups is 1. The number of aromatic nitrogens is 2. The van der Waals surface area contributed by atoms with Crippen molar-refractivity contribution in [3.05, 3.63) is 30.1 Å². The molecule has 0 radical (unpaired) electrons. The summed E-state index contributed by atoms with van der Waals surface area (Å²) in [6.45, 7) is 6.39. The molecule has 1 atom stereocenters. The number of rotatable bonds is 3. The number of benzene rings is 1. The predicted octanol–water partition coefficient (Wildman–Crippen LogP) is 2.93. The van der Waals surface area contributed by atoms with E-state index in [9.17, 15) is 4.79 Å². The third-order valence-corrected chi connectivity index (χ3v) is 4.52. The van der Waals surface area contributed by atoms with Crippen molar-refractivity contribution < 1.29 is 4.79 Å². The lowest BCUT2D eigenvalue weighted by atomic mass is 10.0. The number of aryl methyl sites for hydroxylation is 1. The third kappa shape index (κ3) is 2.93. The van der Waals surface area contributed by atoms with E-state index in [1.54, 1.807) is 0 Å². The van der Waals surface area contributed by atoms with Gasteiger partial charge in [0.05, 0.1) is 11.0 Å². The zero-order valence-corrected chi connectivity index (χ0v) is 13.4. The van der Waals surface area contributed by atoms with E-state index < -0.39 is 0 Å². The Balaban J connectivity index is 1.60. The number of para-hydroxylation sites is 2. The normalized spacial score (nSPS) is 18.6. The van der Waals surface area contributed by atoms with Crippen LogP contribution in [0.5, 0.6) is 0 Å². The zero-order valence-electron chi connectivity index (χ0n) is 13.4. The molecule has 5 nitrogen and oxygen atoms in total. The highest BCUT2D eigenvalue weighted by molar-refractivity contribution is 5.76. The van der Waals surface area contributed by atoms with Gasteiger partial charge in [-0.05, 0) is 45.2 Å². The monoisotopic (exact) mass is 300 g/mol. The van der Waals surface area contributed by atoms with Crippen LogP contribution in [0.4, 0.5) is 4.79 Å². The second-order valence-corrected chi connectivity index (χ2v) is 6.07. The fourth-order valence-electron chi connectivity index (χ4n) is 3.25. The van der Waals surface area contributed by atoms with E-state index >= 15 is 0 Å². The van der Waals surface area contributed by atoms with E-state index in [0.29, 0.717) is 12.6 Å². The number of hydrogen-bond acceptors (Lipinski definition) is 2. The third-order valence-electron chi connectivity index (χ3n) is 4.52. The molecule has 0 spiro atoms.